The first kappa shape index (κ1) is 24.7. The van der Waals surface area contributed by atoms with Crippen LogP contribution < -0.4 is 24.4 Å². The number of methoxy groups -OCH3 is 2. The summed E-state index contributed by atoms with van der Waals surface area (Å²) in [5, 5.41) is 2.60. The fourth-order valence-corrected chi connectivity index (χ4v) is 4.54. The van der Waals surface area contributed by atoms with Gasteiger partial charge in [-0.2, -0.15) is 0 Å². The number of amides is 2. The van der Waals surface area contributed by atoms with Crippen molar-refractivity contribution in [2.75, 3.05) is 19.1 Å². The fourth-order valence-electron chi connectivity index (χ4n) is 3.48. The lowest BCUT2D eigenvalue weighted by Crippen LogP contribution is -2.54. The second kappa shape index (κ2) is 10.9. The van der Waals surface area contributed by atoms with Gasteiger partial charge in [0.15, 0.2) is 16.6 Å². The van der Waals surface area contributed by atoms with Gasteiger partial charge < -0.3 is 14.2 Å². The molecule has 7 nitrogen and oxygen atoms in total. The molecule has 3 aromatic rings. The predicted octanol–water partition coefficient (Wildman–Crippen LogP) is 4.72. The summed E-state index contributed by atoms with van der Waals surface area (Å²) in [7, 11) is 3.10. The molecular formula is C26H21IN2O5S. The van der Waals surface area contributed by atoms with E-state index in [4.69, 9.17) is 26.4 Å². The number of thiocarbonyl (C=S) groups is 1. The van der Waals surface area contributed by atoms with Crippen LogP contribution in [0.4, 0.5) is 5.69 Å². The standard InChI is InChI=1S/C26H21IN2O5S/c1-32-19-10-8-18(9-11-19)29-25(31)20(24(30)28-26(29)35)12-17-13-21(27)23(22(14-17)33-2)34-15-16-6-4-3-5-7-16/h3-14H,15H2,1-2H3,(H,28,30,35)/b20-12-. The molecule has 178 valence electrons. The van der Waals surface area contributed by atoms with Crippen LogP contribution in [0.15, 0.2) is 72.3 Å². The molecule has 0 aromatic heterocycles. The number of nitrogens with one attached hydrogen (secondary N) is 1. The largest absolute Gasteiger partial charge is 0.497 e. The quantitative estimate of drug-likeness (QED) is 0.183. The zero-order valence-corrected chi connectivity index (χ0v) is 21.9. The molecule has 0 spiro atoms. The van der Waals surface area contributed by atoms with Gasteiger partial charge in [-0.05, 0) is 88.4 Å². The number of anilines is 1. The Balaban J connectivity index is 1.63. The summed E-state index contributed by atoms with van der Waals surface area (Å²) in [5.41, 5.74) is 2.10. The van der Waals surface area contributed by atoms with E-state index in [0.717, 1.165) is 9.13 Å². The number of hydrogen-bond acceptors (Lipinski definition) is 6. The number of carbonyl (C=O) groups is 2. The van der Waals surface area contributed by atoms with Gasteiger partial charge in [-0.3, -0.25) is 19.8 Å². The van der Waals surface area contributed by atoms with E-state index in [0.29, 0.717) is 35.1 Å². The summed E-state index contributed by atoms with van der Waals surface area (Å²) < 4.78 is 17.5. The van der Waals surface area contributed by atoms with E-state index in [1.54, 1.807) is 44.6 Å². The van der Waals surface area contributed by atoms with Crippen molar-refractivity contribution >= 4 is 63.5 Å². The van der Waals surface area contributed by atoms with Crippen molar-refractivity contribution in [3.8, 4) is 17.2 Å². The highest BCUT2D eigenvalue weighted by atomic mass is 127. The lowest BCUT2D eigenvalue weighted by Gasteiger charge is -2.29. The topological polar surface area (TPSA) is 77.1 Å². The molecule has 1 aliphatic heterocycles. The van der Waals surface area contributed by atoms with Crippen molar-refractivity contribution in [2.45, 2.75) is 6.61 Å². The van der Waals surface area contributed by atoms with Crippen LogP contribution in [-0.2, 0) is 16.2 Å². The average molecular weight is 600 g/mol. The maximum Gasteiger partial charge on any atom is 0.270 e. The maximum atomic E-state index is 13.3. The summed E-state index contributed by atoms with van der Waals surface area (Å²) in [6.07, 6.45) is 1.52. The van der Waals surface area contributed by atoms with Gasteiger partial charge in [0.25, 0.3) is 11.8 Å². The second-order valence-corrected chi connectivity index (χ2v) is 9.01. The van der Waals surface area contributed by atoms with Crippen LogP contribution in [0.2, 0.25) is 0 Å². The summed E-state index contributed by atoms with van der Waals surface area (Å²) in [6.45, 7) is 0.378. The van der Waals surface area contributed by atoms with Gasteiger partial charge in [0.05, 0.1) is 23.5 Å². The normalized spacial score (nSPS) is 14.7. The third-order valence-corrected chi connectivity index (χ3v) is 6.31. The number of benzene rings is 3. The molecule has 0 atom stereocenters. The molecule has 1 aliphatic rings. The number of carbonyl (C=O) groups excluding carboxylic acids is 2. The Labute approximate surface area is 221 Å². The van der Waals surface area contributed by atoms with Crippen LogP contribution in [0.25, 0.3) is 6.08 Å². The molecule has 0 unspecified atom stereocenters. The number of nitrogens with zero attached hydrogens (tertiary/aromatic N) is 1. The first-order chi connectivity index (χ1) is 16.9. The second-order valence-electron chi connectivity index (χ2n) is 7.46. The van der Waals surface area contributed by atoms with Crippen LogP contribution in [0.3, 0.4) is 0 Å². The Hall–Kier alpha value is -3.44. The summed E-state index contributed by atoms with van der Waals surface area (Å²) in [6, 6.07) is 20.2. The Morgan fingerprint density at radius 1 is 1.00 bits per heavy atom. The molecule has 3 aromatic carbocycles. The smallest absolute Gasteiger partial charge is 0.270 e. The van der Waals surface area contributed by atoms with Crippen molar-refractivity contribution in [1.82, 2.24) is 5.32 Å². The number of hydrogen-bond donors (Lipinski definition) is 1. The van der Waals surface area contributed by atoms with Crippen molar-refractivity contribution in [3.63, 3.8) is 0 Å². The maximum absolute atomic E-state index is 13.3. The first-order valence-electron chi connectivity index (χ1n) is 10.5. The van der Waals surface area contributed by atoms with Gasteiger partial charge in [-0.15, -0.1) is 0 Å². The van der Waals surface area contributed by atoms with E-state index in [9.17, 15) is 9.59 Å². The Bertz CT molecular complexity index is 1310. The molecule has 2 amide bonds. The van der Waals surface area contributed by atoms with Crippen molar-refractivity contribution in [3.05, 3.63) is 87.0 Å². The van der Waals surface area contributed by atoms with Gasteiger partial charge in [0.1, 0.15) is 17.9 Å². The number of rotatable bonds is 7. The van der Waals surface area contributed by atoms with Crippen LogP contribution in [0.5, 0.6) is 17.2 Å². The van der Waals surface area contributed by atoms with E-state index in [1.807, 2.05) is 36.4 Å². The first-order valence-corrected chi connectivity index (χ1v) is 12.0. The van der Waals surface area contributed by atoms with Gasteiger partial charge in [-0.25, -0.2) is 0 Å². The van der Waals surface area contributed by atoms with Crippen LogP contribution in [0, 0.1) is 3.57 Å². The molecule has 0 saturated carbocycles. The average Bonchev–Trinajstić information content (AvgIpc) is 2.86. The monoisotopic (exact) mass is 600 g/mol. The minimum Gasteiger partial charge on any atom is -0.497 e. The minimum absolute atomic E-state index is 0.0131. The molecule has 35 heavy (non-hydrogen) atoms. The SMILES string of the molecule is COc1ccc(N2C(=O)/C(=C\c3cc(I)c(OCc4ccccc4)c(OC)c3)C(=O)NC2=S)cc1. The van der Waals surface area contributed by atoms with Crippen molar-refractivity contribution < 1.29 is 23.8 Å². The summed E-state index contributed by atoms with van der Waals surface area (Å²) in [4.78, 5) is 27.2. The molecule has 0 radical (unpaired) electrons. The highest BCUT2D eigenvalue weighted by molar-refractivity contribution is 14.1. The Kier molecular flexibility index (Phi) is 7.67. The molecule has 1 fully saturated rings. The van der Waals surface area contributed by atoms with Crippen LogP contribution >= 0.6 is 34.8 Å². The lowest BCUT2D eigenvalue weighted by atomic mass is 10.1. The number of ether oxygens (including phenoxy) is 3. The van der Waals surface area contributed by atoms with E-state index in [-0.39, 0.29) is 10.7 Å². The highest BCUT2D eigenvalue weighted by Gasteiger charge is 2.34. The van der Waals surface area contributed by atoms with Gasteiger partial charge in [0, 0.05) is 0 Å². The third kappa shape index (κ3) is 5.46. The molecule has 4 rings (SSSR count). The minimum atomic E-state index is -0.567. The highest BCUT2D eigenvalue weighted by Crippen LogP contribution is 2.35. The zero-order chi connectivity index (χ0) is 24.9. The van der Waals surface area contributed by atoms with Gasteiger partial charge in [-0.1, -0.05) is 30.3 Å². The number of halogens is 1. The van der Waals surface area contributed by atoms with E-state index in [2.05, 4.69) is 27.9 Å². The van der Waals surface area contributed by atoms with Gasteiger partial charge in [0.2, 0.25) is 0 Å². The van der Waals surface area contributed by atoms with Crippen molar-refractivity contribution in [2.24, 2.45) is 0 Å². The molecular weight excluding hydrogens is 579 g/mol. The zero-order valence-electron chi connectivity index (χ0n) is 18.9. The Morgan fingerprint density at radius 2 is 1.71 bits per heavy atom. The fraction of sp³-hybridized carbons (Fsp3) is 0.115. The van der Waals surface area contributed by atoms with E-state index >= 15 is 0 Å². The Morgan fingerprint density at radius 3 is 2.37 bits per heavy atom. The lowest BCUT2D eigenvalue weighted by molar-refractivity contribution is -0.122. The van der Waals surface area contributed by atoms with Crippen LogP contribution in [-0.4, -0.2) is 31.1 Å². The summed E-state index contributed by atoms with van der Waals surface area (Å²) in [5.74, 6) is 0.621. The summed E-state index contributed by atoms with van der Waals surface area (Å²) >= 11 is 7.41. The molecule has 9 heteroatoms. The van der Waals surface area contributed by atoms with E-state index in [1.165, 1.54) is 11.0 Å². The predicted molar refractivity (Wildman–Crippen MR) is 146 cm³/mol. The van der Waals surface area contributed by atoms with E-state index < -0.39 is 11.8 Å². The molecule has 1 heterocycles. The molecule has 0 bridgehead atoms. The molecule has 1 N–H and O–H groups in total. The molecule has 0 aliphatic carbocycles. The van der Waals surface area contributed by atoms with Crippen molar-refractivity contribution in [1.29, 1.82) is 0 Å². The van der Waals surface area contributed by atoms with Crippen LogP contribution in [0.1, 0.15) is 11.1 Å². The molecule has 1 saturated heterocycles. The van der Waals surface area contributed by atoms with Gasteiger partial charge >= 0.3 is 0 Å². The third-order valence-electron chi connectivity index (χ3n) is 5.22.